The van der Waals surface area contributed by atoms with Gasteiger partial charge in [-0.15, -0.1) is 0 Å². The van der Waals surface area contributed by atoms with Crippen molar-refractivity contribution in [3.05, 3.63) is 524 Å². The van der Waals surface area contributed by atoms with E-state index in [4.69, 9.17) is 31.4 Å². The number of nitrogens with zero attached hydrogens (tertiary/aromatic N) is 3. The quantitative estimate of drug-likeness (QED) is 0.0119. The molecule has 669 valence electrons. The van der Waals surface area contributed by atoms with Crippen molar-refractivity contribution in [3.8, 4) is 0 Å². The number of halogens is 6. The van der Waals surface area contributed by atoms with Gasteiger partial charge in [0.25, 0.3) is 0 Å². The van der Waals surface area contributed by atoms with Crippen LogP contribution in [-0.2, 0) is 31.6 Å². The molecule has 0 bridgehead atoms. The van der Waals surface area contributed by atoms with Gasteiger partial charge in [0.1, 0.15) is 29.4 Å². The van der Waals surface area contributed by atoms with Crippen LogP contribution in [0, 0.1) is 29.9 Å². The van der Waals surface area contributed by atoms with Gasteiger partial charge in [-0.2, -0.15) is 0 Å². The van der Waals surface area contributed by atoms with E-state index in [1.807, 2.05) is 24.3 Å². The van der Waals surface area contributed by atoms with E-state index in [9.17, 15) is 22.4 Å². The molecule has 16 aromatic carbocycles. The fourth-order valence-corrected chi connectivity index (χ4v) is 22.7. The van der Waals surface area contributed by atoms with Gasteiger partial charge in [0.2, 0.25) is 0 Å². The largest absolute Gasteiger partial charge is 1.00 e. The number of carbonyl (C=O) groups is 1. The molecule has 0 fully saturated rings. The summed E-state index contributed by atoms with van der Waals surface area (Å²) in [6, 6.07) is 154. The van der Waals surface area contributed by atoms with E-state index in [0.29, 0.717) is 43.0 Å². The maximum absolute atomic E-state index is 13.2. The maximum atomic E-state index is 13.2. The van der Waals surface area contributed by atoms with Crippen LogP contribution >= 0.6 is 63.5 Å². The Kier molecular flexibility index (Phi) is 50.7. The Morgan fingerprint density at radius 1 is 0.328 bits per heavy atom. The van der Waals surface area contributed by atoms with E-state index in [-0.39, 0.29) is 103 Å². The van der Waals surface area contributed by atoms with E-state index in [1.54, 1.807) is 55.0 Å². The van der Waals surface area contributed by atoms with Crippen LogP contribution in [0.5, 0.6) is 0 Å². The molecule has 19 rings (SSSR count). The summed E-state index contributed by atoms with van der Waals surface area (Å²) < 4.78 is 60.1. The van der Waals surface area contributed by atoms with Crippen LogP contribution in [0.25, 0.3) is 32.7 Å². The van der Waals surface area contributed by atoms with Crippen molar-refractivity contribution in [3.63, 3.8) is 0 Å². The van der Waals surface area contributed by atoms with Crippen molar-refractivity contribution in [1.29, 1.82) is 0 Å². The Morgan fingerprint density at radius 3 is 0.769 bits per heavy atom. The molecular formula is C111H94BBr2F4N5NaO5P4Pd. The summed E-state index contributed by atoms with van der Waals surface area (Å²) >= 11 is 6.11. The zero-order valence-electron chi connectivity index (χ0n) is 73.9. The number of anilines is 1. The summed E-state index contributed by atoms with van der Waals surface area (Å²) in [5, 5.41) is 43.4. The van der Waals surface area contributed by atoms with Crippen molar-refractivity contribution in [2.75, 3.05) is 18.9 Å². The topological polar surface area (TPSA) is 188 Å². The summed E-state index contributed by atoms with van der Waals surface area (Å²) in [7, 11) is -1.78. The van der Waals surface area contributed by atoms with E-state index in [2.05, 4.69) is 417 Å². The van der Waals surface area contributed by atoms with Gasteiger partial charge in [-0.25, -0.2) is 17.6 Å². The fraction of sp³-hybridized carbons (Fsp3) is 0.0360. The average molecular weight is 2080 g/mol. The van der Waals surface area contributed by atoms with Gasteiger partial charge >= 0.3 is 40.9 Å². The van der Waals surface area contributed by atoms with Crippen LogP contribution in [0.2, 0.25) is 0 Å². The summed E-state index contributed by atoms with van der Waals surface area (Å²) in [6.07, 6.45) is 4.42. The first-order valence-corrected chi connectivity index (χ1v) is 48.2. The molecule has 0 amide bonds. The molecular weight excluding hydrogens is 1980 g/mol. The van der Waals surface area contributed by atoms with Crippen molar-refractivity contribution >= 4 is 180 Å². The molecule has 0 aliphatic heterocycles. The van der Waals surface area contributed by atoms with E-state index in [0.717, 1.165) is 16.2 Å². The number of fused-ring (bicyclic) bond motifs is 3. The second kappa shape index (κ2) is 61.7. The van der Waals surface area contributed by atoms with E-state index >= 15 is 0 Å². The Morgan fingerprint density at radius 2 is 0.552 bits per heavy atom. The molecule has 19 aromatic rings. The van der Waals surface area contributed by atoms with Crippen LogP contribution < -0.4 is 105 Å². The maximum Gasteiger partial charge on any atom is 1.00 e. The monoisotopic (exact) mass is 2070 g/mol. The molecule has 134 heavy (non-hydrogen) atoms. The van der Waals surface area contributed by atoms with Crippen molar-refractivity contribution in [2.24, 2.45) is 5.73 Å². The number of hydrogen-bond donors (Lipinski definition) is 5. The SMILES string of the molecule is Fc1cc2ncccc2cc1Br.NCc1cc2cccnc2cc1F.Nc1ccc(Br)c(F)c1.O=Cc1cc2cccnc2cc1F.OCC(O)CO.[B].[C-]#[O+].[H-].[Na+].[Pd].c1ccc(P(c2ccccc2)c2ccccc2)cc1.c1ccc(P(c2ccccc2)c2ccccc2)cc1.c1ccc(P(c2ccccc2)c2ccccc2)cc1.c1ccc(P(c2ccccc2)c2ccccc2)cc1. The molecule has 10 nitrogen and oxygen atoms in total. The first kappa shape index (κ1) is 110. The van der Waals surface area contributed by atoms with Gasteiger partial charge in [0, 0.05) is 99.6 Å². The summed E-state index contributed by atoms with van der Waals surface area (Å²) in [4.78, 5) is 22.4. The van der Waals surface area contributed by atoms with Crippen LogP contribution in [0.3, 0.4) is 0 Å². The van der Waals surface area contributed by atoms with E-state index in [1.165, 1.54) is 94.0 Å². The Bertz CT molecular complexity index is 5680. The minimum atomic E-state index is -0.954. The predicted molar refractivity (Wildman–Crippen MR) is 556 cm³/mol. The Balaban J connectivity index is 0.000000235. The van der Waals surface area contributed by atoms with Crippen LogP contribution in [0.4, 0.5) is 23.2 Å². The molecule has 0 spiro atoms. The Labute approximate surface area is 842 Å². The molecule has 0 saturated heterocycles. The smallest absolute Gasteiger partial charge is 1.00 e. The molecule has 23 heteroatoms. The van der Waals surface area contributed by atoms with Gasteiger partial charge in [0.15, 0.2) is 6.29 Å². The number of benzene rings is 16. The van der Waals surface area contributed by atoms with Crippen LogP contribution in [0.15, 0.2) is 483 Å². The molecule has 0 atom stereocenters. The number of carbonyl (C=O) groups excluding carboxylic acids is 1. The third-order valence-corrected chi connectivity index (χ3v) is 30.0. The molecule has 0 unspecified atom stereocenters. The number of aliphatic hydroxyl groups is 3. The summed E-state index contributed by atoms with van der Waals surface area (Å²) in [6.45, 7) is 3.99. The number of aromatic nitrogens is 3. The van der Waals surface area contributed by atoms with Crippen LogP contribution in [0.1, 0.15) is 17.3 Å². The predicted octanol–water partition coefficient (Wildman–Crippen LogP) is 18.1. The van der Waals surface area contributed by atoms with Crippen molar-refractivity contribution < 1.29 is 93.7 Å². The van der Waals surface area contributed by atoms with E-state index < -0.39 is 43.6 Å². The number of nitrogen functional groups attached to an aromatic ring is 1. The number of rotatable bonds is 16. The van der Waals surface area contributed by atoms with Gasteiger partial charge in [0.05, 0.1) is 44.3 Å². The third-order valence-electron chi connectivity index (χ3n) is 19.0. The molecule has 0 aliphatic carbocycles. The number of aliphatic hydroxyl groups excluding tert-OH is 3. The van der Waals surface area contributed by atoms with Crippen molar-refractivity contribution in [2.45, 2.75) is 12.6 Å². The van der Waals surface area contributed by atoms with Crippen molar-refractivity contribution in [1.82, 2.24) is 15.0 Å². The summed E-state index contributed by atoms with van der Waals surface area (Å²) in [5.41, 5.74) is 13.6. The third kappa shape index (κ3) is 35.0. The molecule has 7 N–H and O–H groups in total. The average Bonchev–Trinajstić information content (AvgIpc) is 0.749. The standard InChI is InChI=1S/4C18H15P.C10H9FN2.C10H6FNO.C9H5BrFN.C6H5BrFN.C3H8O3.CO.B.Na.Pd.H/c4*1-4-10-16(11-5-1)19(17-12-6-2-7-13-17)18-14-8-3-9-15-18;11-9-5-10-7(2-1-3-13-10)4-8(9)6-12;11-9-5-10-7(2-1-3-12-10)4-8(9)6-13;10-7-4-6-2-1-3-12-9(6)5-8(7)11;7-5-2-1-4(9)3-6(5)8;4-1-3(6)2-5;1-2;;;;/h4*1-15H;1-5H,6,12H2;1-6H;1-5H;1-3H,9H2;3-6H,1-2H2;;;;;/q;;;;;;;;;;;+1;;-1. The van der Waals surface area contributed by atoms with Gasteiger partial charge < -0.3 is 28.2 Å². The van der Waals surface area contributed by atoms with Crippen LogP contribution in [-0.4, -0.2) is 64.3 Å². The molecule has 0 saturated carbocycles. The summed E-state index contributed by atoms with van der Waals surface area (Å²) in [5.74, 6) is -1.41. The molecule has 3 radical (unpaired) electrons. The fourth-order valence-electron chi connectivity index (χ4n) is 12.9. The minimum Gasteiger partial charge on any atom is -1.00 e. The first-order chi connectivity index (χ1) is 64.2. The first-order valence-electron chi connectivity index (χ1n) is 41.2. The second-order valence-electron chi connectivity index (χ2n) is 28.1. The van der Waals surface area contributed by atoms with Gasteiger partial charge in [-0.3, -0.25) is 19.7 Å². The number of hydrogen-bond acceptors (Lipinski definition) is 9. The molecule has 3 heterocycles. The molecule has 0 aliphatic rings. The minimum absolute atomic E-state index is 0. The zero-order chi connectivity index (χ0) is 92.6. The number of nitrogens with two attached hydrogens (primary N) is 2. The van der Waals surface area contributed by atoms with Gasteiger partial charge in [-0.05, 0) is 182 Å². The zero-order valence-corrected chi connectivity index (χ0v) is 83.2. The Hall–Kier alpha value is -11.1. The van der Waals surface area contributed by atoms with Gasteiger partial charge in [-0.1, -0.05) is 382 Å². The normalized spacial score (nSPS) is 10.1. The number of aldehydes is 1. The second-order valence-corrected chi connectivity index (χ2v) is 38.6. The molecule has 3 aromatic heterocycles. The number of pyridine rings is 3.